The van der Waals surface area contributed by atoms with Gasteiger partial charge in [-0.25, -0.2) is 0 Å². The van der Waals surface area contributed by atoms with E-state index in [0.717, 1.165) is 16.3 Å². The number of rotatable bonds is 14. The minimum Gasteiger partial charge on any atom is -0.161 e. The summed E-state index contributed by atoms with van der Waals surface area (Å²) in [6.45, 7) is 6.15. The first kappa shape index (κ1) is 22.5. The average molecular weight is 459 g/mol. The van der Waals surface area contributed by atoms with Gasteiger partial charge in [0.2, 0.25) is 0 Å². The molecule has 0 aliphatic carbocycles. The Kier molecular flexibility index (Phi) is 12.5. The molecule has 24 heavy (non-hydrogen) atoms. The van der Waals surface area contributed by atoms with Crippen LogP contribution in [0.1, 0.15) is 13.3 Å². The Labute approximate surface area is 179 Å². The molecular weight excluding hydrogens is 429 g/mol. The second kappa shape index (κ2) is 13.4. The van der Waals surface area contributed by atoms with Gasteiger partial charge in [0.05, 0.1) is 4.08 Å². The predicted molar refractivity (Wildman–Crippen MR) is 133 cm³/mol. The van der Waals surface area contributed by atoms with Gasteiger partial charge < -0.3 is 0 Å². The van der Waals surface area contributed by atoms with E-state index < -0.39 is 0 Å². The van der Waals surface area contributed by atoms with Crippen LogP contribution in [0.3, 0.4) is 0 Å². The van der Waals surface area contributed by atoms with Gasteiger partial charge in [-0.05, 0) is 19.1 Å². The molecule has 3 unspecified atom stereocenters. The van der Waals surface area contributed by atoms with Crippen LogP contribution in [0.15, 0.2) is 12.7 Å². The molecule has 2 saturated heterocycles. The van der Waals surface area contributed by atoms with Crippen molar-refractivity contribution < 1.29 is 0 Å². The third-order valence-electron chi connectivity index (χ3n) is 3.72. The summed E-state index contributed by atoms with van der Waals surface area (Å²) < 4.78 is 0.589. The van der Waals surface area contributed by atoms with Gasteiger partial charge in [-0.1, -0.05) is 6.08 Å². The molecule has 0 nitrogen and oxygen atoms in total. The molecule has 2 aliphatic rings. The second-order valence-corrected chi connectivity index (χ2v) is 15.5. The summed E-state index contributed by atoms with van der Waals surface area (Å²) >= 11 is 15.1. The lowest BCUT2D eigenvalue weighted by Crippen LogP contribution is -2.23. The molecule has 2 heterocycles. The predicted octanol–water partition coefficient (Wildman–Crippen LogP) is 6.18. The van der Waals surface area contributed by atoms with Crippen LogP contribution in [0.4, 0.5) is 0 Å². The Balaban J connectivity index is 1.37. The van der Waals surface area contributed by atoms with E-state index in [9.17, 15) is 0 Å². The van der Waals surface area contributed by atoms with Crippen LogP contribution in [-0.2, 0) is 0 Å². The van der Waals surface area contributed by atoms with Crippen molar-refractivity contribution in [2.75, 3.05) is 57.5 Å². The van der Waals surface area contributed by atoms with Crippen LogP contribution < -0.4 is 0 Å². The smallest absolute Gasteiger partial charge is 0.0674 e. The maximum atomic E-state index is 3.77. The zero-order chi connectivity index (χ0) is 17.1. The van der Waals surface area contributed by atoms with E-state index in [1.165, 1.54) is 58.2 Å². The van der Waals surface area contributed by atoms with Crippen molar-refractivity contribution in [3.05, 3.63) is 12.7 Å². The number of hydrogen-bond donors (Lipinski definition) is 0. The van der Waals surface area contributed by atoms with E-state index in [1.54, 1.807) is 0 Å². The molecule has 2 fully saturated rings. The highest BCUT2D eigenvalue weighted by Gasteiger charge is 2.38. The van der Waals surface area contributed by atoms with E-state index in [1.807, 2.05) is 17.8 Å². The highest BCUT2D eigenvalue weighted by molar-refractivity contribution is 8.25. The molecule has 0 bridgehead atoms. The molecule has 0 N–H and O–H groups in total. The zero-order valence-corrected chi connectivity index (χ0v) is 20.3. The van der Waals surface area contributed by atoms with Crippen molar-refractivity contribution >= 4 is 82.3 Å². The van der Waals surface area contributed by atoms with E-state index in [2.05, 4.69) is 84.1 Å². The van der Waals surface area contributed by atoms with Crippen LogP contribution in [0, 0.1) is 0 Å². The van der Waals surface area contributed by atoms with Crippen LogP contribution in [0.2, 0.25) is 0 Å². The summed E-state index contributed by atoms with van der Waals surface area (Å²) in [5.41, 5.74) is 0. The summed E-state index contributed by atoms with van der Waals surface area (Å²) in [6.07, 6.45) is 3.41. The fourth-order valence-electron chi connectivity index (χ4n) is 2.16. The topological polar surface area (TPSA) is 0 Å². The summed E-state index contributed by atoms with van der Waals surface area (Å²) in [7, 11) is 0. The van der Waals surface area contributed by atoms with E-state index in [-0.39, 0.29) is 0 Å². The average Bonchev–Trinajstić information content (AvgIpc) is 3.32. The first-order chi connectivity index (χ1) is 11.7. The standard InChI is InChI=1S/C17H30S7/c1-3-5-18-7-8-19-6-4-15-12-22-16(13-21-15)11-20-9-10-23-17(2)14-24-17/h3,15-16H,1,4-14H2,2H3. The molecule has 0 aromatic heterocycles. The molecule has 0 saturated carbocycles. The molecule has 0 aromatic carbocycles. The fraction of sp³-hybridized carbons (Fsp3) is 0.882. The molecule has 7 heteroatoms. The normalized spacial score (nSPS) is 29.5. The lowest BCUT2D eigenvalue weighted by Gasteiger charge is -2.27. The first-order valence-corrected chi connectivity index (χ1v) is 16.1. The lowest BCUT2D eigenvalue weighted by atomic mass is 10.4. The van der Waals surface area contributed by atoms with Gasteiger partial charge in [-0.15, -0.1) is 30.1 Å². The van der Waals surface area contributed by atoms with Gasteiger partial charge in [-0.2, -0.15) is 58.8 Å². The third kappa shape index (κ3) is 10.5. The Morgan fingerprint density at radius 3 is 2.42 bits per heavy atom. The number of hydrogen-bond acceptors (Lipinski definition) is 7. The monoisotopic (exact) mass is 458 g/mol. The van der Waals surface area contributed by atoms with Crippen LogP contribution >= 0.6 is 82.3 Å². The number of thioether (sulfide) groups is 7. The highest BCUT2D eigenvalue weighted by Crippen LogP contribution is 2.53. The maximum absolute atomic E-state index is 3.77. The molecule has 2 rings (SSSR count). The van der Waals surface area contributed by atoms with E-state index in [0.29, 0.717) is 4.08 Å². The van der Waals surface area contributed by atoms with Crippen molar-refractivity contribution in [3.63, 3.8) is 0 Å². The molecule has 0 spiro atoms. The molecule has 0 aromatic rings. The third-order valence-corrected chi connectivity index (χ3v) is 14.0. The maximum Gasteiger partial charge on any atom is 0.0674 e. The quantitative estimate of drug-likeness (QED) is 0.171. The fourth-order valence-corrected chi connectivity index (χ4v) is 10.9. The minimum atomic E-state index is 0.589. The molecule has 140 valence electrons. The van der Waals surface area contributed by atoms with Crippen molar-refractivity contribution in [3.8, 4) is 0 Å². The Bertz CT molecular complexity index is 338. The van der Waals surface area contributed by atoms with Gasteiger partial charge in [0, 0.05) is 62.3 Å². The Morgan fingerprint density at radius 2 is 1.71 bits per heavy atom. The first-order valence-electron chi connectivity index (χ1n) is 8.57. The van der Waals surface area contributed by atoms with Crippen LogP contribution in [0.5, 0.6) is 0 Å². The highest BCUT2D eigenvalue weighted by atomic mass is 32.2. The largest absolute Gasteiger partial charge is 0.161 e. The van der Waals surface area contributed by atoms with Crippen molar-refractivity contribution in [1.29, 1.82) is 0 Å². The molecule has 3 atom stereocenters. The molecular formula is C17H30S7. The van der Waals surface area contributed by atoms with Gasteiger partial charge in [0.15, 0.2) is 0 Å². The van der Waals surface area contributed by atoms with Gasteiger partial charge in [-0.3, -0.25) is 0 Å². The van der Waals surface area contributed by atoms with Crippen LogP contribution in [-0.4, -0.2) is 72.1 Å². The van der Waals surface area contributed by atoms with Gasteiger partial charge in [0.25, 0.3) is 0 Å². The van der Waals surface area contributed by atoms with E-state index >= 15 is 0 Å². The van der Waals surface area contributed by atoms with Crippen molar-refractivity contribution in [2.45, 2.75) is 27.9 Å². The minimum absolute atomic E-state index is 0.589. The molecule has 0 radical (unpaired) electrons. The van der Waals surface area contributed by atoms with Crippen molar-refractivity contribution in [2.24, 2.45) is 0 Å². The summed E-state index contributed by atoms with van der Waals surface area (Å²) in [4.78, 5) is 0. The second-order valence-electron chi connectivity index (χ2n) is 6.02. The Hall–Kier alpha value is 2.19. The van der Waals surface area contributed by atoms with Crippen LogP contribution in [0.25, 0.3) is 0 Å². The summed E-state index contributed by atoms with van der Waals surface area (Å²) in [5, 5.41) is 1.81. The van der Waals surface area contributed by atoms with Gasteiger partial charge in [0.1, 0.15) is 0 Å². The van der Waals surface area contributed by atoms with Crippen molar-refractivity contribution in [1.82, 2.24) is 0 Å². The van der Waals surface area contributed by atoms with E-state index in [4.69, 9.17) is 0 Å². The molecule has 0 amide bonds. The molecule has 2 aliphatic heterocycles. The summed E-state index contributed by atoms with van der Waals surface area (Å²) in [5.74, 6) is 13.2. The lowest BCUT2D eigenvalue weighted by molar-refractivity contribution is 0.910. The SMILES string of the molecule is C=CCSCCSCCC1CSC(CSCCSC2(C)CS2)CS1. The summed E-state index contributed by atoms with van der Waals surface area (Å²) in [6, 6.07) is 0. The van der Waals surface area contributed by atoms with Gasteiger partial charge >= 0.3 is 0 Å². The Morgan fingerprint density at radius 1 is 1.00 bits per heavy atom. The zero-order valence-electron chi connectivity index (χ0n) is 14.6.